The van der Waals surface area contributed by atoms with Gasteiger partial charge in [-0.05, 0) is 48.4 Å². The lowest BCUT2D eigenvalue weighted by Gasteiger charge is -2.26. The average molecular weight is 523 g/mol. The van der Waals surface area contributed by atoms with Gasteiger partial charge in [0.15, 0.2) is 0 Å². The van der Waals surface area contributed by atoms with Gasteiger partial charge in [0.05, 0.1) is 16.5 Å². The Morgan fingerprint density at radius 3 is 2.42 bits per heavy atom. The van der Waals surface area contributed by atoms with Gasteiger partial charge >= 0.3 is 5.97 Å². The summed E-state index contributed by atoms with van der Waals surface area (Å²) >= 11 is 6.12. The van der Waals surface area contributed by atoms with Crippen molar-refractivity contribution in [1.82, 2.24) is 0 Å². The van der Waals surface area contributed by atoms with Crippen molar-refractivity contribution in [3.05, 3.63) is 135 Å². The van der Waals surface area contributed by atoms with E-state index in [-0.39, 0.29) is 17.2 Å². The fourth-order valence-electron chi connectivity index (χ4n) is 4.24. The van der Waals surface area contributed by atoms with Crippen LogP contribution in [-0.2, 0) is 6.61 Å². The van der Waals surface area contributed by atoms with Crippen molar-refractivity contribution in [2.24, 2.45) is 5.73 Å². The summed E-state index contributed by atoms with van der Waals surface area (Å²) in [4.78, 5) is 12.6. The molecule has 0 amide bonds. The topological polar surface area (TPSA) is 94.6 Å². The van der Waals surface area contributed by atoms with E-state index in [2.05, 4.69) is 6.07 Å². The van der Waals surface area contributed by atoms with Crippen molar-refractivity contribution in [3.8, 4) is 23.3 Å². The first-order chi connectivity index (χ1) is 18.4. The maximum atomic E-state index is 12.6. The van der Waals surface area contributed by atoms with Gasteiger partial charge in [-0.1, -0.05) is 71.8 Å². The number of nitrogens with zero attached hydrogens (tertiary/aromatic N) is 1. The summed E-state index contributed by atoms with van der Waals surface area (Å²) in [5, 5.41) is 10.1. The molecule has 7 heteroatoms. The van der Waals surface area contributed by atoms with Gasteiger partial charge in [-0.15, -0.1) is 0 Å². The van der Waals surface area contributed by atoms with Crippen molar-refractivity contribution in [1.29, 1.82) is 5.26 Å². The normalized spacial score (nSPS) is 14.2. The van der Waals surface area contributed by atoms with Gasteiger partial charge in [-0.25, -0.2) is 4.79 Å². The molecule has 0 bridgehead atoms. The molecule has 4 aromatic carbocycles. The van der Waals surface area contributed by atoms with Crippen molar-refractivity contribution in [3.63, 3.8) is 0 Å². The van der Waals surface area contributed by atoms with Gasteiger partial charge in [0.1, 0.15) is 35.5 Å². The monoisotopic (exact) mass is 522 g/mol. The van der Waals surface area contributed by atoms with E-state index in [1.807, 2.05) is 55.5 Å². The number of halogens is 1. The highest BCUT2D eigenvalue weighted by Gasteiger charge is 2.31. The standard InChI is InChI=1S/C31H23ClN2O4/c1-19-6-8-20(9-7-19)18-36-22-12-10-21(11-13-22)29-25-15-14-23(16-28(25)38-30(34)26(29)17-33)37-31(35)24-4-2-3-5-27(24)32/h2-16,29H,18,34H2,1H3. The van der Waals surface area contributed by atoms with Crippen LogP contribution >= 0.6 is 11.6 Å². The first-order valence-electron chi connectivity index (χ1n) is 11.9. The third kappa shape index (κ3) is 5.19. The van der Waals surface area contributed by atoms with Crippen molar-refractivity contribution in [2.45, 2.75) is 19.4 Å². The maximum Gasteiger partial charge on any atom is 0.345 e. The highest BCUT2D eigenvalue weighted by Crippen LogP contribution is 2.43. The SMILES string of the molecule is Cc1ccc(COc2ccc(C3C(C#N)=C(N)Oc4cc(OC(=O)c5ccccc5Cl)ccc43)cc2)cc1. The summed E-state index contributed by atoms with van der Waals surface area (Å²) in [7, 11) is 0. The number of esters is 1. The van der Waals surface area contributed by atoms with Crippen LogP contribution in [0.1, 0.15) is 38.5 Å². The third-order valence-electron chi connectivity index (χ3n) is 6.23. The molecule has 1 heterocycles. The molecule has 2 N–H and O–H groups in total. The van der Waals surface area contributed by atoms with Gasteiger partial charge in [-0.3, -0.25) is 0 Å². The fourth-order valence-corrected chi connectivity index (χ4v) is 4.45. The first-order valence-corrected chi connectivity index (χ1v) is 12.3. The number of carbonyl (C=O) groups excluding carboxylic acids is 1. The zero-order valence-electron chi connectivity index (χ0n) is 20.5. The molecule has 1 atom stereocenters. The number of nitrogens with two attached hydrogens (primary N) is 1. The Morgan fingerprint density at radius 1 is 1.00 bits per heavy atom. The summed E-state index contributed by atoms with van der Waals surface area (Å²) in [6, 6.07) is 29.5. The Labute approximate surface area is 225 Å². The van der Waals surface area contributed by atoms with E-state index in [1.54, 1.807) is 42.5 Å². The van der Waals surface area contributed by atoms with Crippen molar-refractivity contribution in [2.75, 3.05) is 0 Å². The van der Waals surface area contributed by atoms with Crippen LogP contribution in [0.15, 0.2) is 102 Å². The van der Waals surface area contributed by atoms with Crippen LogP contribution in [0.25, 0.3) is 0 Å². The van der Waals surface area contributed by atoms with E-state index in [9.17, 15) is 10.1 Å². The summed E-state index contributed by atoms with van der Waals surface area (Å²) in [5.41, 5.74) is 10.5. The average Bonchev–Trinajstić information content (AvgIpc) is 2.92. The molecule has 6 nitrogen and oxygen atoms in total. The summed E-state index contributed by atoms with van der Waals surface area (Å²) in [5.74, 6) is 0.322. The number of rotatable bonds is 6. The number of benzene rings is 4. The zero-order chi connectivity index (χ0) is 26.6. The molecule has 0 fully saturated rings. The minimum Gasteiger partial charge on any atom is -0.489 e. The molecule has 0 saturated carbocycles. The summed E-state index contributed by atoms with van der Waals surface area (Å²) in [6.45, 7) is 2.49. The molecule has 0 aromatic heterocycles. The van der Waals surface area contributed by atoms with E-state index in [0.29, 0.717) is 28.7 Å². The number of carbonyl (C=O) groups is 1. The van der Waals surface area contributed by atoms with E-state index in [0.717, 1.165) is 16.7 Å². The Balaban J connectivity index is 1.38. The van der Waals surface area contributed by atoms with Crippen LogP contribution in [0.2, 0.25) is 5.02 Å². The number of allylic oxidation sites excluding steroid dienone is 1. The maximum absolute atomic E-state index is 12.6. The molecule has 4 aromatic rings. The molecular weight excluding hydrogens is 500 g/mol. The largest absolute Gasteiger partial charge is 0.489 e. The van der Waals surface area contributed by atoms with Crippen molar-refractivity contribution < 1.29 is 19.0 Å². The van der Waals surface area contributed by atoms with Crippen LogP contribution in [0, 0.1) is 18.3 Å². The lowest BCUT2D eigenvalue weighted by molar-refractivity contribution is 0.0734. The minimum absolute atomic E-state index is 0.000669. The lowest BCUT2D eigenvalue weighted by atomic mass is 9.83. The molecule has 1 aliphatic rings. The number of fused-ring (bicyclic) bond motifs is 1. The number of aryl methyl sites for hydroxylation is 1. The Kier molecular flexibility index (Phi) is 7.03. The molecule has 1 aliphatic heterocycles. The number of hydrogen-bond acceptors (Lipinski definition) is 6. The third-order valence-corrected chi connectivity index (χ3v) is 6.56. The second-order valence-electron chi connectivity index (χ2n) is 8.84. The van der Waals surface area contributed by atoms with Gasteiger partial charge < -0.3 is 19.9 Å². The van der Waals surface area contributed by atoms with Crippen LogP contribution in [0.3, 0.4) is 0 Å². The van der Waals surface area contributed by atoms with Crippen LogP contribution < -0.4 is 19.9 Å². The van der Waals surface area contributed by atoms with Gasteiger partial charge in [-0.2, -0.15) is 5.26 Å². The quantitative estimate of drug-likeness (QED) is 0.224. The van der Waals surface area contributed by atoms with E-state index >= 15 is 0 Å². The minimum atomic E-state index is -0.592. The lowest BCUT2D eigenvalue weighted by Crippen LogP contribution is -2.21. The summed E-state index contributed by atoms with van der Waals surface area (Å²) < 4.78 is 17.2. The van der Waals surface area contributed by atoms with E-state index < -0.39 is 11.9 Å². The highest BCUT2D eigenvalue weighted by atomic mass is 35.5. The molecule has 5 rings (SSSR count). The molecule has 0 aliphatic carbocycles. The van der Waals surface area contributed by atoms with Crippen LogP contribution in [0.4, 0.5) is 0 Å². The second kappa shape index (κ2) is 10.7. The summed E-state index contributed by atoms with van der Waals surface area (Å²) in [6.07, 6.45) is 0. The van der Waals surface area contributed by atoms with Crippen LogP contribution in [0.5, 0.6) is 17.2 Å². The number of nitriles is 1. The number of ether oxygens (including phenoxy) is 3. The number of hydrogen-bond donors (Lipinski definition) is 1. The molecule has 188 valence electrons. The second-order valence-corrected chi connectivity index (χ2v) is 9.24. The first kappa shape index (κ1) is 24.9. The fraction of sp³-hybridized carbons (Fsp3) is 0.0968. The van der Waals surface area contributed by atoms with Gasteiger partial charge in [0.25, 0.3) is 0 Å². The van der Waals surface area contributed by atoms with Gasteiger partial charge in [0, 0.05) is 11.6 Å². The van der Waals surface area contributed by atoms with Crippen LogP contribution in [-0.4, -0.2) is 5.97 Å². The Morgan fingerprint density at radius 2 is 1.71 bits per heavy atom. The molecular formula is C31H23ClN2O4. The van der Waals surface area contributed by atoms with E-state index in [4.69, 9.17) is 31.5 Å². The molecule has 0 spiro atoms. The predicted molar refractivity (Wildman–Crippen MR) is 144 cm³/mol. The molecule has 0 saturated heterocycles. The Hall–Kier alpha value is -4.73. The smallest absolute Gasteiger partial charge is 0.345 e. The highest BCUT2D eigenvalue weighted by molar-refractivity contribution is 6.33. The van der Waals surface area contributed by atoms with E-state index in [1.165, 1.54) is 5.56 Å². The van der Waals surface area contributed by atoms with Crippen molar-refractivity contribution >= 4 is 17.6 Å². The predicted octanol–water partition coefficient (Wildman–Crippen LogP) is 6.66. The van der Waals surface area contributed by atoms with Gasteiger partial charge in [0.2, 0.25) is 5.88 Å². The zero-order valence-corrected chi connectivity index (χ0v) is 21.2. The molecule has 1 unspecified atom stereocenters. The molecule has 38 heavy (non-hydrogen) atoms. The Bertz CT molecular complexity index is 1570. The molecule has 0 radical (unpaired) electrons.